The number of aromatic nitrogens is 3. The zero-order chi connectivity index (χ0) is 18.8. The minimum atomic E-state index is 0.334. The molecule has 27 heavy (non-hydrogen) atoms. The van der Waals surface area contributed by atoms with Crippen molar-refractivity contribution >= 4 is 5.82 Å². The zero-order valence-electron chi connectivity index (χ0n) is 16.1. The largest absolute Gasteiger partial charge is 0.461 e. The highest BCUT2D eigenvalue weighted by atomic mass is 16.5. The van der Waals surface area contributed by atoms with Gasteiger partial charge >= 0.3 is 0 Å². The highest BCUT2D eigenvalue weighted by molar-refractivity contribution is 5.49. The van der Waals surface area contributed by atoms with Crippen LogP contribution in [0.3, 0.4) is 0 Å². The summed E-state index contributed by atoms with van der Waals surface area (Å²) >= 11 is 0. The van der Waals surface area contributed by atoms with E-state index in [1.165, 1.54) is 0 Å². The van der Waals surface area contributed by atoms with Crippen molar-refractivity contribution in [2.45, 2.75) is 33.2 Å². The Morgan fingerprint density at radius 2 is 1.89 bits per heavy atom. The van der Waals surface area contributed by atoms with E-state index in [0.717, 1.165) is 55.8 Å². The lowest BCUT2D eigenvalue weighted by atomic mass is 10.2. The van der Waals surface area contributed by atoms with Crippen LogP contribution in [0.4, 0.5) is 5.82 Å². The summed E-state index contributed by atoms with van der Waals surface area (Å²) in [5.41, 5.74) is 1.95. The number of furan rings is 1. The standard InChI is InChI=1S/C20H25N5O2/c1-14(2)20-21-15(3)11-19(22-20)25-8-6-24(7-9-25)13-16-12-18(27-23-16)17-5-4-10-26-17/h4-5,10-12,14H,6-9,13H2,1-3H3. The van der Waals surface area contributed by atoms with Gasteiger partial charge in [0.1, 0.15) is 11.6 Å². The molecule has 3 aromatic heterocycles. The maximum Gasteiger partial charge on any atom is 0.202 e. The van der Waals surface area contributed by atoms with Gasteiger partial charge in [-0.1, -0.05) is 19.0 Å². The molecule has 0 bridgehead atoms. The summed E-state index contributed by atoms with van der Waals surface area (Å²) in [5, 5.41) is 4.18. The van der Waals surface area contributed by atoms with E-state index >= 15 is 0 Å². The number of rotatable bonds is 5. The molecule has 0 spiro atoms. The second-order valence-corrected chi connectivity index (χ2v) is 7.30. The molecule has 7 nitrogen and oxygen atoms in total. The SMILES string of the molecule is Cc1cc(N2CCN(Cc3cc(-c4ccco4)on3)CC2)nc(C(C)C)n1. The molecular weight excluding hydrogens is 342 g/mol. The van der Waals surface area contributed by atoms with E-state index in [-0.39, 0.29) is 0 Å². The molecule has 1 saturated heterocycles. The molecule has 0 radical (unpaired) electrons. The van der Waals surface area contributed by atoms with E-state index in [1.54, 1.807) is 6.26 Å². The first-order chi connectivity index (χ1) is 13.1. The summed E-state index contributed by atoms with van der Waals surface area (Å²) in [4.78, 5) is 14.0. The lowest BCUT2D eigenvalue weighted by Crippen LogP contribution is -2.46. The molecule has 1 aliphatic heterocycles. The average molecular weight is 367 g/mol. The van der Waals surface area contributed by atoms with Crippen LogP contribution in [0.1, 0.15) is 37.0 Å². The van der Waals surface area contributed by atoms with Gasteiger partial charge in [-0.15, -0.1) is 0 Å². The second-order valence-electron chi connectivity index (χ2n) is 7.30. The van der Waals surface area contributed by atoms with E-state index in [1.807, 2.05) is 25.1 Å². The monoisotopic (exact) mass is 367 g/mol. The molecule has 4 heterocycles. The van der Waals surface area contributed by atoms with Gasteiger partial charge in [-0.2, -0.15) is 0 Å². The highest BCUT2D eigenvalue weighted by Gasteiger charge is 2.21. The molecule has 0 atom stereocenters. The Bertz CT molecular complexity index is 880. The zero-order valence-corrected chi connectivity index (χ0v) is 16.1. The van der Waals surface area contributed by atoms with Gasteiger partial charge < -0.3 is 13.8 Å². The summed E-state index contributed by atoms with van der Waals surface area (Å²) in [7, 11) is 0. The van der Waals surface area contributed by atoms with Crippen LogP contribution in [0.15, 0.2) is 39.5 Å². The van der Waals surface area contributed by atoms with Gasteiger partial charge in [0.15, 0.2) is 5.76 Å². The van der Waals surface area contributed by atoms with Gasteiger partial charge in [-0.05, 0) is 19.1 Å². The Kier molecular flexibility index (Phi) is 4.94. The number of anilines is 1. The molecular formula is C20H25N5O2. The average Bonchev–Trinajstić information content (AvgIpc) is 3.33. The first-order valence-electron chi connectivity index (χ1n) is 9.41. The minimum Gasteiger partial charge on any atom is -0.461 e. The summed E-state index contributed by atoms with van der Waals surface area (Å²) in [6, 6.07) is 7.75. The van der Waals surface area contributed by atoms with Crippen LogP contribution in [0, 0.1) is 6.92 Å². The van der Waals surface area contributed by atoms with Gasteiger partial charge in [-0.25, -0.2) is 9.97 Å². The summed E-state index contributed by atoms with van der Waals surface area (Å²) < 4.78 is 10.7. The van der Waals surface area contributed by atoms with Crippen molar-refractivity contribution < 1.29 is 8.94 Å². The van der Waals surface area contributed by atoms with Crippen LogP contribution in [0.5, 0.6) is 0 Å². The Balaban J connectivity index is 1.37. The van der Waals surface area contributed by atoms with Crippen LogP contribution in [0.25, 0.3) is 11.5 Å². The number of hydrogen-bond acceptors (Lipinski definition) is 7. The lowest BCUT2D eigenvalue weighted by molar-refractivity contribution is 0.241. The lowest BCUT2D eigenvalue weighted by Gasteiger charge is -2.35. The van der Waals surface area contributed by atoms with Crippen molar-refractivity contribution in [3.63, 3.8) is 0 Å². The fraction of sp³-hybridized carbons (Fsp3) is 0.450. The molecule has 1 aliphatic rings. The Morgan fingerprint density at radius 1 is 1.07 bits per heavy atom. The first-order valence-corrected chi connectivity index (χ1v) is 9.41. The topological polar surface area (TPSA) is 71.4 Å². The molecule has 3 aromatic rings. The third-order valence-corrected chi connectivity index (χ3v) is 4.78. The van der Waals surface area contributed by atoms with Crippen LogP contribution < -0.4 is 4.90 Å². The molecule has 4 rings (SSSR count). The van der Waals surface area contributed by atoms with Gasteiger partial charge in [-0.3, -0.25) is 4.90 Å². The Morgan fingerprint density at radius 3 is 2.59 bits per heavy atom. The van der Waals surface area contributed by atoms with Gasteiger partial charge in [0.05, 0.1) is 12.0 Å². The normalized spacial score (nSPS) is 15.6. The fourth-order valence-corrected chi connectivity index (χ4v) is 3.28. The molecule has 142 valence electrons. The number of aryl methyl sites for hydroxylation is 1. The molecule has 0 N–H and O–H groups in total. The van der Waals surface area contributed by atoms with Crippen LogP contribution in [-0.2, 0) is 6.54 Å². The third kappa shape index (κ3) is 4.03. The van der Waals surface area contributed by atoms with Gasteiger partial charge in [0, 0.05) is 56.5 Å². The Hall–Kier alpha value is -2.67. The molecule has 7 heteroatoms. The van der Waals surface area contributed by atoms with Crippen molar-refractivity contribution in [3.8, 4) is 11.5 Å². The summed E-state index contributed by atoms with van der Waals surface area (Å²) in [6.45, 7) is 10.9. The predicted octanol–water partition coefficient (Wildman–Crippen LogP) is 3.48. The van der Waals surface area contributed by atoms with E-state index in [2.05, 4.69) is 39.9 Å². The molecule has 0 unspecified atom stereocenters. The molecule has 0 amide bonds. The van der Waals surface area contributed by atoms with E-state index in [9.17, 15) is 0 Å². The number of nitrogens with zero attached hydrogens (tertiary/aromatic N) is 5. The maximum atomic E-state index is 5.39. The van der Waals surface area contributed by atoms with Crippen molar-refractivity contribution in [2.24, 2.45) is 0 Å². The molecule has 1 fully saturated rings. The van der Waals surface area contributed by atoms with Gasteiger partial charge in [0.2, 0.25) is 5.76 Å². The number of piperazine rings is 1. The second kappa shape index (κ2) is 7.52. The predicted molar refractivity (Wildman–Crippen MR) is 103 cm³/mol. The molecule has 0 aliphatic carbocycles. The fourth-order valence-electron chi connectivity index (χ4n) is 3.28. The first kappa shape index (κ1) is 17.7. The minimum absolute atomic E-state index is 0.334. The van der Waals surface area contributed by atoms with E-state index in [4.69, 9.17) is 13.9 Å². The van der Waals surface area contributed by atoms with Gasteiger partial charge in [0.25, 0.3) is 0 Å². The molecule has 0 aromatic carbocycles. The highest BCUT2D eigenvalue weighted by Crippen LogP contribution is 2.22. The number of hydrogen-bond donors (Lipinski definition) is 0. The maximum absolute atomic E-state index is 5.39. The third-order valence-electron chi connectivity index (χ3n) is 4.78. The Labute approximate surface area is 159 Å². The van der Waals surface area contributed by atoms with Crippen molar-refractivity contribution in [3.05, 3.63) is 47.7 Å². The van der Waals surface area contributed by atoms with Crippen LogP contribution in [0.2, 0.25) is 0 Å². The van der Waals surface area contributed by atoms with Crippen molar-refractivity contribution in [1.82, 2.24) is 20.0 Å². The van der Waals surface area contributed by atoms with Crippen molar-refractivity contribution in [2.75, 3.05) is 31.1 Å². The van der Waals surface area contributed by atoms with Crippen molar-refractivity contribution in [1.29, 1.82) is 0 Å². The smallest absolute Gasteiger partial charge is 0.202 e. The summed E-state index contributed by atoms with van der Waals surface area (Å²) in [6.07, 6.45) is 1.64. The quantitative estimate of drug-likeness (QED) is 0.683. The van der Waals surface area contributed by atoms with E-state index in [0.29, 0.717) is 17.4 Å². The summed E-state index contributed by atoms with van der Waals surface area (Å²) in [5.74, 6) is 3.67. The molecule has 0 saturated carbocycles. The van der Waals surface area contributed by atoms with Crippen LogP contribution >= 0.6 is 0 Å². The van der Waals surface area contributed by atoms with E-state index < -0.39 is 0 Å². The van der Waals surface area contributed by atoms with Crippen LogP contribution in [-0.4, -0.2) is 46.2 Å².